The summed E-state index contributed by atoms with van der Waals surface area (Å²) in [4.78, 5) is 7.64. The van der Waals surface area contributed by atoms with Crippen molar-refractivity contribution in [3.63, 3.8) is 0 Å². The molecule has 0 amide bonds. The van der Waals surface area contributed by atoms with Gasteiger partial charge >= 0.3 is 0 Å². The van der Waals surface area contributed by atoms with Crippen LogP contribution in [0.25, 0.3) is 16.1 Å². The van der Waals surface area contributed by atoms with Gasteiger partial charge in [-0.05, 0) is 62.1 Å². The van der Waals surface area contributed by atoms with Gasteiger partial charge in [0.25, 0.3) is 0 Å². The number of aryl methyl sites for hydroxylation is 1. The lowest BCUT2D eigenvalue weighted by Crippen LogP contribution is -2.36. The van der Waals surface area contributed by atoms with Gasteiger partial charge in [0.15, 0.2) is 0 Å². The van der Waals surface area contributed by atoms with Crippen LogP contribution in [-0.2, 0) is 15.9 Å². The van der Waals surface area contributed by atoms with Gasteiger partial charge in [0.2, 0.25) is 0 Å². The van der Waals surface area contributed by atoms with Gasteiger partial charge in [-0.15, -0.1) is 0 Å². The van der Waals surface area contributed by atoms with Gasteiger partial charge in [0, 0.05) is 29.4 Å². The molecule has 5 nitrogen and oxygen atoms in total. The summed E-state index contributed by atoms with van der Waals surface area (Å²) in [6, 6.07) is 6.93. The molecule has 0 spiro atoms. The minimum Gasteiger partial charge on any atom is -0.378 e. The lowest BCUT2D eigenvalue weighted by Gasteiger charge is -2.29. The molecule has 1 N–H and O–H groups in total. The number of ether oxygens (including phenoxy) is 1. The molecule has 5 rings (SSSR count). The molecule has 1 saturated carbocycles. The maximum absolute atomic E-state index is 5.57. The number of H-pyrrole nitrogens is 1. The highest BCUT2D eigenvalue weighted by Gasteiger charge is 2.45. The Hall–Kier alpha value is -1.49. The van der Waals surface area contributed by atoms with Crippen LogP contribution >= 0.6 is 19.3 Å². The largest absolute Gasteiger partial charge is 0.378 e. The number of morpholine rings is 1. The second-order valence-corrected chi connectivity index (χ2v) is 10.7. The third kappa shape index (κ3) is 2.89. The van der Waals surface area contributed by atoms with E-state index in [2.05, 4.69) is 46.5 Å². The standard InChI is InChI=1S/C20H25N4OPS/c1-3-14-12-15-16(20(27-2)5-6-20)13-17(24-8-10-25-11-9-24)22-19(15)26(14)18-4-7-21-23-18/h4,7,12-13H,3,5-6,8-11H2,1-2H3,(H,21,23). The van der Waals surface area contributed by atoms with Gasteiger partial charge in [-0.2, -0.15) is 16.9 Å². The van der Waals surface area contributed by atoms with E-state index in [-0.39, 0.29) is 4.75 Å². The molecule has 3 aromatic heterocycles. The van der Waals surface area contributed by atoms with Crippen molar-refractivity contribution in [3.05, 3.63) is 35.3 Å². The second kappa shape index (κ2) is 6.84. The first kappa shape index (κ1) is 17.6. The Labute approximate surface area is 164 Å². The number of fused-ring (bicyclic) bond motifs is 1. The monoisotopic (exact) mass is 400 g/mol. The zero-order chi connectivity index (χ0) is 18.4. The van der Waals surface area contributed by atoms with Crippen LogP contribution in [0, 0.1) is 0 Å². The van der Waals surface area contributed by atoms with E-state index in [4.69, 9.17) is 9.72 Å². The Morgan fingerprint density at radius 3 is 2.74 bits per heavy atom. The smallest absolute Gasteiger partial charge is 0.130 e. The van der Waals surface area contributed by atoms with Crippen LogP contribution in [0.15, 0.2) is 24.4 Å². The second-order valence-electron chi connectivity index (χ2n) is 7.33. The molecule has 0 radical (unpaired) electrons. The van der Waals surface area contributed by atoms with Crippen LogP contribution in [-0.4, -0.2) is 47.7 Å². The van der Waals surface area contributed by atoms with Crippen LogP contribution in [0.5, 0.6) is 0 Å². The number of nitrogens with one attached hydrogen (secondary N) is 1. The predicted octanol–water partition coefficient (Wildman–Crippen LogP) is 4.68. The lowest BCUT2D eigenvalue weighted by atomic mass is 10.1. The number of nitrogens with zero attached hydrogens (tertiary/aromatic N) is 3. The number of rotatable bonds is 5. The summed E-state index contributed by atoms with van der Waals surface area (Å²) in [5.41, 5.74) is 2.71. The third-order valence-corrected chi connectivity index (χ3v) is 9.77. The number of pyridine rings is 1. The highest BCUT2D eigenvalue weighted by Crippen LogP contribution is 2.60. The van der Waals surface area contributed by atoms with Gasteiger partial charge < -0.3 is 9.64 Å². The topological polar surface area (TPSA) is 54.0 Å². The number of hydrogen-bond donors (Lipinski definition) is 1. The average Bonchev–Trinajstić information content (AvgIpc) is 3.16. The number of aromatic amines is 1. The molecule has 7 heteroatoms. The first-order valence-electron chi connectivity index (χ1n) is 9.69. The van der Waals surface area contributed by atoms with E-state index in [1.807, 2.05) is 18.0 Å². The maximum Gasteiger partial charge on any atom is 0.130 e. The van der Waals surface area contributed by atoms with Gasteiger partial charge in [-0.1, -0.05) is 6.92 Å². The Balaban J connectivity index is 1.76. The van der Waals surface area contributed by atoms with E-state index < -0.39 is 7.53 Å². The summed E-state index contributed by atoms with van der Waals surface area (Å²) in [7, 11) is -0.596. The van der Waals surface area contributed by atoms with E-state index in [0.29, 0.717) is 0 Å². The highest BCUT2D eigenvalue weighted by atomic mass is 32.2. The van der Waals surface area contributed by atoms with Crippen molar-refractivity contribution >= 4 is 35.7 Å². The molecule has 2 fully saturated rings. The van der Waals surface area contributed by atoms with Crippen LogP contribution in [0.4, 0.5) is 5.82 Å². The summed E-state index contributed by atoms with van der Waals surface area (Å²) < 4.78 is 5.85. The summed E-state index contributed by atoms with van der Waals surface area (Å²) in [6.07, 6.45) is 7.71. The molecule has 1 aliphatic heterocycles. The Bertz CT molecular complexity index is 958. The first-order valence-corrected chi connectivity index (χ1v) is 12.3. The van der Waals surface area contributed by atoms with E-state index in [1.54, 1.807) is 0 Å². The molecule has 27 heavy (non-hydrogen) atoms. The van der Waals surface area contributed by atoms with Crippen molar-refractivity contribution in [2.24, 2.45) is 0 Å². The Morgan fingerprint density at radius 1 is 1.30 bits per heavy atom. The van der Waals surface area contributed by atoms with Crippen LogP contribution < -0.4 is 4.90 Å². The molecule has 3 aromatic rings. The Kier molecular flexibility index (Phi) is 4.46. The highest BCUT2D eigenvalue weighted by molar-refractivity contribution is 7.99. The zero-order valence-electron chi connectivity index (χ0n) is 15.9. The summed E-state index contributed by atoms with van der Waals surface area (Å²) in [6.45, 7) is 5.68. The van der Waals surface area contributed by atoms with Gasteiger partial charge in [0.1, 0.15) is 5.82 Å². The molecule has 0 bridgehead atoms. The zero-order valence-corrected chi connectivity index (χ0v) is 17.6. The molecule has 1 aliphatic carbocycles. The van der Waals surface area contributed by atoms with Gasteiger partial charge in [-0.25, -0.2) is 4.98 Å². The minimum absolute atomic E-state index is 0.280. The van der Waals surface area contributed by atoms with Gasteiger partial charge in [0.05, 0.1) is 23.9 Å². The van der Waals surface area contributed by atoms with Crippen molar-refractivity contribution in [1.82, 2.24) is 15.2 Å². The minimum atomic E-state index is -0.596. The number of thioether (sulfide) groups is 1. The SMILES string of the molecule is CCc1cc2c(C3(SC)CC3)cc(N3CCOCC3)nc2p1-c1ccn[nH]1. The summed E-state index contributed by atoms with van der Waals surface area (Å²) in [5.74, 6) is 1.13. The maximum atomic E-state index is 5.57. The van der Waals surface area contributed by atoms with E-state index in [0.717, 1.165) is 38.5 Å². The quantitative estimate of drug-likeness (QED) is 0.674. The molecule has 142 valence electrons. The number of anilines is 1. The number of hydrogen-bond acceptors (Lipinski definition) is 5. The summed E-state index contributed by atoms with van der Waals surface area (Å²) >= 11 is 2.01. The molecular weight excluding hydrogens is 375 g/mol. The molecule has 2 aliphatic rings. The van der Waals surface area contributed by atoms with Crippen LogP contribution in [0.1, 0.15) is 30.6 Å². The van der Waals surface area contributed by atoms with Crippen LogP contribution in [0.2, 0.25) is 0 Å². The van der Waals surface area contributed by atoms with Crippen molar-refractivity contribution < 1.29 is 4.74 Å². The van der Waals surface area contributed by atoms with Crippen molar-refractivity contribution in [2.75, 3.05) is 37.5 Å². The van der Waals surface area contributed by atoms with Crippen molar-refractivity contribution in [3.8, 4) is 5.44 Å². The Morgan fingerprint density at radius 2 is 2.11 bits per heavy atom. The fraction of sp³-hybridized carbons (Fsp3) is 0.500. The molecule has 1 unspecified atom stereocenters. The van der Waals surface area contributed by atoms with Crippen molar-refractivity contribution in [1.29, 1.82) is 0 Å². The fourth-order valence-corrected chi connectivity index (χ4v) is 7.42. The fourth-order valence-electron chi connectivity index (χ4n) is 4.14. The summed E-state index contributed by atoms with van der Waals surface area (Å²) in [5, 5.41) is 11.6. The lowest BCUT2D eigenvalue weighted by molar-refractivity contribution is 0.122. The third-order valence-electron chi connectivity index (χ3n) is 5.84. The first-order chi connectivity index (χ1) is 13.3. The van der Waals surface area contributed by atoms with E-state index in [1.165, 1.54) is 39.8 Å². The molecule has 1 atom stereocenters. The number of aromatic nitrogens is 3. The molecule has 4 heterocycles. The van der Waals surface area contributed by atoms with E-state index in [9.17, 15) is 0 Å². The predicted molar refractivity (Wildman–Crippen MR) is 115 cm³/mol. The van der Waals surface area contributed by atoms with Crippen molar-refractivity contribution in [2.45, 2.75) is 30.9 Å². The average molecular weight is 400 g/mol. The molecule has 0 aromatic carbocycles. The molecule has 1 saturated heterocycles. The normalized spacial score (nSPS) is 19.6. The van der Waals surface area contributed by atoms with Gasteiger partial charge in [-0.3, -0.25) is 5.10 Å². The van der Waals surface area contributed by atoms with Crippen LogP contribution in [0.3, 0.4) is 0 Å². The molecular formula is C20H25N4OPS. The van der Waals surface area contributed by atoms with E-state index >= 15 is 0 Å².